The number of carbonyl (C=O) groups excluding carboxylic acids is 1. The molecule has 2 aromatic carbocycles. The van der Waals surface area contributed by atoms with Crippen molar-refractivity contribution in [2.45, 2.75) is 25.9 Å². The number of nitrogens with zero attached hydrogens (tertiary/aromatic N) is 2. The predicted molar refractivity (Wildman–Crippen MR) is 113 cm³/mol. The molecule has 4 rings (SSSR count). The van der Waals surface area contributed by atoms with Gasteiger partial charge in [0.15, 0.2) is 5.78 Å². The summed E-state index contributed by atoms with van der Waals surface area (Å²) in [6.07, 6.45) is -4.07. The Balaban J connectivity index is 1.62. The third kappa shape index (κ3) is 3.98. The van der Waals surface area contributed by atoms with Crippen molar-refractivity contribution < 1.29 is 18.0 Å². The Morgan fingerprint density at radius 2 is 1.70 bits per heavy atom. The summed E-state index contributed by atoms with van der Waals surface area (Å²) in [6.45, 7) is 2.59. The molecule has 3 aromatic rings. The molecular formula is C23H22ClF3N2O. The molecule has 30 heavy (non-hydrogen) atoms. The highest BCUT2D eigenvalue weighted by Crippen LogP contribution is 2.35. The van der Waals surface area contributed by atoms with Crippen molar-refractivity contribution in [3.8, 4) is 5.69 Å². The molecule has 0 spiro atoms. The Hall–Kier alpha value is -2.31. The molecule has 1 fully saturated rings. The van der Waals surface area contributed by atoms with Gasteiger partial charge in [-0.1, -0.05) is 29.8 Å². The molecule has 1 aromatic heterocycles. The number of carbonyl (C=O) groups is 1. The van der Waals surface area contributed by atoms with Crippen LogP contribution in [-0.2, 0) is 0 Å². The summed E-state index contributed by atoms with van der Waals surface area (Å²) in [6, 6.07) is 15.1. The van der Waals surface area contributed by atoms with Crippen molar-refractivity contribution in [1.82, 2.24) is 9.47 Å². The molecule has 0 atom stereocenters. The molecule has 0 unspecified atom stereocenters. The minimum atomic E-state index is -4.15. The van der Waals surface area contributed by atoms with Gasteiger partial charge in [-0.05, 0) is 63.2 Å². The number of likely N-dealkylation sites (tertiary alicyclic amines) is 1. The number of aromatic nitrogens is 1. The van der Waals surface area contributed by atoms with E-state index in [4.69, 9.17) is 11.6 Å². The van der Waals surface area contributed by atoms with Crippen LogP contribution in [0.5, 0.6) is 0 Å². The molecule has 158 valence electrons. The fourth-order valence-corrected chi connectivity index (χ4v) is 4.47. The number of hydrogen-bond acceptors (Lipinski definition) is 2. The lowest BCUT2D eigenvalue weighted by atomic mass is 9.95. The summed E-state index contributed by atoms with van der Waals surface area (Å²) in [5, 5.41) is 1.48. The monoisotopic (exact) mass is 434 g/mol. The van der Waals surface area contributed by atoms with Crippen molar-refractivity contribution in [2.24, 2.45) is 5.92 Å². The molecule has 0 bridgehead atoms. The molecule has 0 N–H and O–H groups in total. The number of piperidine rings is 1. The zero-order valence-corrected chi connectivity index (χ0v) is 17.3. The number of rotatable bonds is 4. The first kappa shape index (κ1) is 20.9. The van der Waals surface area contributed by atoms with Gasteiger partial charge in [-0.15, -0.1) is 0 Å². The van der Waals surface area contributed by atoms with E-state index in [-0.39, 0.29) is 38.3 Å². The van der Waals surface area contributed by atoms with Gasteiger partial charge in [0.2, 0.25) is 0 Å². The maximum absolute atomic E-state index is 13.2. The van der Waals surface area contributed by atoms with Crippen molar-refractivity contribution in [2.75, 3.05) is 19.6 Å². The van der Waals surface area contributed by atoms with Crippen LogP contribution in [0, 0.1) is 12.8 Å². The lowest BCUT2D eigenvalue weighted by molar-refractivity contribution is -0.184. The zero-order valence-electron chi connectivity index (χ0n) is 16.5. The highest BCUT2D eigenvalue weighted by atomic mass is 35.5. The summed E-state index contributed by atoms with van der Waals surface area (Å²) >= 11 is 6.02. The largest absolute Gasteiger partial charge is 0.391 e. The number of benzene rings is 2. The SMILES string of the molecule is Cc1c(C(=O)CN2CCC(C(F)(F)F)CC2)c2ccccc2n1-c1ccc(Cl)cc1. The molecule has 3 nitrogen and oxygen atoms in total. The van der Waals surface area contributed by atoms with E-state index in [0.717, 1.165) is 22.3 Å². The van der Waals surface area contributed by atoms with Crippen LogP contribution in [0.25, 0.3) is 16.6 Å². The third-order valence-electron chi connectivity index (χ3n) is 5.89. The number of para-hydroxylation sites is 1. The van der Waals surface area contributed by atoms with E-state index in [9.17, 15) is 18.0 Å². The Kier molecular flexibility index (Phi) is 5.64. The lowest BCUT2D eigenvalue weighted by Crippen LogP contribution is -2.41. The molecule has 7 heteroatoms. The number of Topliss-reactive ketones (excluding diaryl/α,β-unsaturated/α-hetero) is 1. The van der Waals surface area contributed by atoms with Gasteiger partial charge in [0.05, 0.1) is 18.0 Å². The first-order chi connectivity index (χ1) is 14.3. The molecule has 2 heterocycles. The van der Waals surface area contributed by atoms with E-state index in [1.165, 1.54) is 0 Å². The predicted octanol–water partition coefficient (Wildman–Crippen LogP) is 6.05. The van der Waals surface area contributed by atoms with E-state index in [1.807, 2.05) is 52.8 Å². The van der Waals surface area contributed by atoms with E-state index in [0.29, 0.717) is 10.6 Å². The second-order valence-electron chi connectivity index (χ2n) is 7.80. The molecular weight excluding hydrogens is 413 g/mol. The normalized spacial score (nSPS) is 16.3. The van der Waals surface area contributed by atoms with Gasteiger partial charge in [-0.25, -0.2) is 0 Å². The molecule has 0 amide bonds. The van der Waals surface area contributed by atoms with Gasteiger partial charge in [-0.3, -0.25) is 9.69 Å². The smallest absolute Gasteiger partial charge is 0.313 e. The van der Waals surface area contributed by atoms with Gasteiger partial charge in [-0.2, -0.15) is 13.2 Å². The first-order valence-electron chi connectivity index (χ1n) is 9.94. The number of halogens is 4. The summed E-state index contributed by atoms with van der Waals surface area (Å²) in [5.74, 6) is -1.33. The number of hydrogen-bond donors (Lipinski definition) is 0. The first-order valence-corrected chi connectivity index (χ1v) is 10.3. The summed E-state index contributed by atoms with van der Waals surface area (Å²) in [7, 11) is 0. The Labute approximate surface area is 178 Å². The average molecular weight is 435 g/mol. The fourth-order valence-electron chi connectivity index (χ4n) is 4.34. The minimum Gasteiger partial charge on any atom is -0.313 e. The zero-order chi connectivity index (χ0) is 21.5. The number of ketones is 1. The van der Waals surface area contributed by atoms with Gasteiger partial charge in [0, 0.05) is 27.4 Å². The van der Waals surface area contributed by atoms with E-state index in [2.05, 4.69) is 0 Å². The van der Waals surface area contributed by atoms with Crippen LogP contribution >= 0.6 is 11.6 Å². The van der Waals surface area contributed by atoms with Crippen molar-refractivity contribution in [3.63, 3.8) is 0 Å². The van der Waals surface area contributed by atoms with Gasteiger partial charge in [0.25, 0.3) is 0 Å². The Morgan fingerprint density at radius 1 is 1.07 bits per heavy atom. The minimum absolute atomic E-state index is 0.0439. The van der Waals surface area contributed by atoms with Gasteiger partial charge < -0.3 is 4.57 Å². The van der Waals surface area contributed by atoms with Crippen LogP contribution < -0.4 is 0 Å². The van der Waals surface area contributed by atoms with Crippen LogP contribution in [0.2, 0.25) is 5.02 Å². The van der Waals surface area contributed by atoms with Crippen molar-refractivity contribution in [1.29, 1.82) is 0 Å². The quantitative estimate of drug-likeness (QED) is 0.467. The van der Waals surface area contributed by atoms with Gasteiger partial charge >= 0.3 is 6.18 Å². The lowest BCUT2D eigenvalue weighted by Gasteiger charge is -2.32. The second kappa shape index (κ2) is 8.08. The van der Waals surface area contributed by atoms with Crippen LogP contribution in [0.3, 0.4) is 0 Å². The highest BCUT2D eigenvalue weighted by Gasteiger charge is 2.41. The maximum atomic E-state index is 13.2. The van der Waals surface area contributed by atoms with Gasteiger partial charge in [0.1, 0.15) is 0 Å². The molecule has 1 aliphatic heterocycles. The molecule has 1 saturated heterocycles. The topological polar surface area (TPSA) is 25.2 Å². The van der Waals surface area contributed by atoms with Crippen LogP contribution in [0.4, 0.5) is 13.2 Å². The molecule has 0 radical (unpaired) electrons. The summed E-state index contributed by atoms with van der Waals surface area (Å²) < 4.78 is 40.8. The fraction of sp³-hybridized carbons (Fsp3) is 0.348. The average Bonchev–Trinajstić information content (AvgIpc) is 3.00. The number of fused-ring (bicyclic) bond motifs is 1. The molecule has 1 aliphatic rings. The van der Waals surface area contributed by atoms with Crippen LogP contribution in [0.15, 0.2) is 48.5 Å². The van der Waals surface area contributed by atoms with E-state index in [1.54, 1.807) is 12.1 Å². The maximum Gasteiger partial charge on any atom is 0.391 e. The number of alkyl halides is 3. The molecule has 0 aliphatic carbocycles. The van der Waals surface area contributed by atoms with Crippen LogP contribution in [-0.4, -0.2) is 41.1 Å². The Morgan fingerprint density at radius 3 is 2.33 bits per heavy atom. The Bertz CT molecular complexity index is 1060. The van der Waals surface area contributed by atoms with Crippen molar-refractivity contribution in [3.05, 3.63) is 64.8 Å². The van der Waals surface area contributed by atoms with Crippen LogP contribution in [0.1, 0.15) is 28.9 Å². The molecule has 0 saturated carbocycles. The third-order valence-corrected chi connectivity index (χ3v) is 6.14. The summed E-state index contributed by atoms with van der Waals surface area (Å²) in [5.41, 5.74) is 3.25. The van der Waals surface area contributed by atoms with E-state index >= 15 is 0 Å². The highest BCUT2D eigenvalue weighted by molar-refractivity contribution is 6.30. The standard InChI is InChI=1S/C23H22ClF3N2O/c1-15-22(21(30)14-28-12-10-16(11-13-28)23(25,26)27)19-4-2-3-5-20(19)29(15)18-8-6-17(24)7-9-18/h2-9,16H,10-14H2,1H3. The van der Waals surface area contributed by atoms with E-state index < -0.39 is 12.1 Å². The van der Waals surface area contributed by atoms with Crippen molar-refractivity contribution >= 4 is 28.3 Å². The second-order valence-corrected chi connectivity index (χ2v) is 8.24. The summed E-state index contributed by atoms with van der Waals surface area (Å²) in [4.78, 5) is 15.1.